The van der Waals surface area contributed by atoms with Crippen molar-refractivity contribution in [3.05, 3.63) is 22.7 Å². The predicted octanol–water partition coefficient (Wildman–Crippen LogP) is 5.53. The average Bonchev–Trinajstić information content (AvgIpc) is 3.24. The predicted molar refractivity (Wildman–Crippen MR) is 127 cm³/mol. The van der Waals surface area contributed by atoms with Gasteiger partial charge in [-0.25, -0.2) is 4.79 Å². The highest BCUT2D eigenvalue weighted by atomic mass is 16.6. The second-order valence-electron chi connectivity index (χ2n) is 9.01. The molecule has 1 aliphatic rings. The molecule has 2 N–H and O–H groups in total. The molecule has 1 aliphatic heterocycles. The summed E-state index contributed by atoms with van der Waals surface area (Å²) < 4.78 is 12.7. The summed E-state index contributed by atoms with van der Waals surface area (Å²) in [6.07, 6.45) is 19.7. The Labute approximate surface area is 193 Å². The zero-order valence-electron chi connectivity index (χ0n) is 19.9. The summed E-state index contributed by atoms with van der Waals surface area (Å²) in [5.41, 5.74) is 5.10. The summed E-state index contributed by atoms with van der Waals surface area (Å²) in [7, 11) is 0. The highest BCUT2D eigenvalue weighted by molar-refractivity contribution is 5.69. The molecule has 0 aliphatic carbocycles. The van der Waals surface area contributed by atoms with E-state index in [0.717, 1.165) is 19.3 Å². The molecule has 7 nitrogen and oxygen atoms in total. The second kappa shape index (κ2) is 15.8. The van der Waals surface area contributed by atoms with Crippen molar-refractivity contribution in [1.29, 1.82) is 0 Å². The lowest BCUT2D eigenvalue weighted by Gasteiger charge is -2.15. The minimum atomic E-state index is -0.421. The molecule has 0 bridgehead atoms. The lowest BCUT2D eigenvalue weighted by molar-refractivity contribution is -0.148. The van der Waals surface area contributed by atoms with E-state index in [2.05, 4.69) is 11.9 Å². The standard InChI is InChI=1S/C25H43N3O4/c1-2-3-4-5-6-7-8-9-10-11-12-13-14-15-24(29)31-20-21-16-17-23(32-21)28-19-18-22(26)27-25(28)30/h18-19,21,23H,2-17,20H2,1H3,(H2,26,27,30)/t21-,23+/m0/s1. The molecule has 0 saturated carbocycles. The fourth-order valence-corrected chi connectivity index (χ4v) is 4.20. The third-order valence-corrected chi connectivity index (χ3v) is 6.16. The number of nitrogens with zero attached hydrogens (tertiary/aromatic N) is 2. The minimum Gasteiger partial charge on any atom is -0.463 e. The van der Waals surface area contributed by atoms with Gasteiger partial charge in [0.15, 0.2) is 0 Å². The molecule has 1 aromatic heterocycles. The monoisotopic (exact) mass is 449 g/mol. The SMILES string of the molecule is CCCCCCCCCCCCCCCC(=O)OC[C@@H]1CC[C@H](n2ccc(N)nc2=O)O1. The van der Waals surface area contributed by atoms with E-state index in [0.29, 0.717) is 12.8 Å². The molecular weight excluding hydrogens is 406 g/mol. The molecule has 1 aromatic rings. The molecule has 0 unspecified atom stereocenters. The zero-order chi connectivity index (χ0) is 23.0. The Hall–Kier alpha value is -1.89. The van der Waals surface area contributed by atoms with Gasteiger partial charge >= 0.3 is 11.7 Å². The van der Waals surface area contributed by atoms with Crippen molar-refractivity contribution in [1.82, 2.24) is 9.55 Å². The second-order valence-corrected chi connectivity index (χ2v) is 9.01. The smallest absolute Gasteiger partial charge is 0.351 e. The Morgan fingerprint density at radius 3 is 2.22 bits per heavy atom. The van der Waals surface area contributed by atoms with Crippen LogP contribution in [0, 0.1) is 0 Å². The van der Waals surface area contributed by atoms with E-state index < -0.39 is 5.69 Å². The molecule has 0 radical (unpaired) electrons. The Morgan fingerprint density at radius 2 is 1.62 bits per heavy atom. The van der Waals surface area contributed by atoms with Crippen LogP contribution in [0.5, 0.6) is 0 Å². The Bertz CT molecular complexity index is 707. The number of nitrogens with two attached hydrogens (primary N) is 1. The van der Waals surface area contributed by atoms with Crippen molar-refractivity contribution in [3.8, 4) is 0 Å². The van der Waals surface area contributed by atoms with Gasteiger partial charge in [-0.15, -0.1) is 0 Å². The largest absolute Gasteiger partial charge is 0.463 e. The molecule has 0 spiro atoms. The quantitative estimate of drug-likeness (QED) is 0.248. The number of nitrogen functional groups attached to an aromatic ring is 1. The fraction of sp³-hybridized carbons (Fsp3) is 0.800. The third kappa shape index (κ3) is 10.6. The number of esters is 1. The van der Waals surface area contributed by atoms with Crippen molar-refractivity contribution < 1.29 is 14.3 Å². The van der Waals surface area contributed by atoms with Crippen LogP contribution in [0.25, 0.3) is 0 Å². The first-order valence-electron chi connectivity index (χ1n) is 12.8. The molecule has 1 saturated heterocycles. The lowest BCUT2D eigenvalue weighted by Crippen LogP contribution is -2.28. The number of hydrogen-bond donors (Lipinski definition) is 1. The maximum Gasteiger partial charge on any atom is 0.351 e. The number of carbonyl (C=O) groups excluding carboxylic acids is 1. The van der Waals surface area contributed by atoms with E-state index in [-0.39, 0.29) is 30.7 Å². The molecule has 0 aromatic carbocycles. The topological polar surface area (TPSA) is 96.4 Å². The van der Waals surface area contributed by atoms with Crippen LogP contribution in [0.15, 0.2) is 17.1 Å². The summed E-state index contributed by atoms with van der Waals surface area (Å²) in [6.45, 7) is 2.50. The van der Waals surface area contributed by atoms with E-state index in [1.807, 2.05) is 0 Å². The van der Waals surface area contributed by atoms with E-state index in [1.165, 1.54) is 75.2 Å². The molecule has 1 fully saturated rings. The van der Waals surface area contributed by atoms with Crippen LogP contribution in [0.3, 0.4) is 0 Å². The first-order chi connectivity index (χ1) is 15.6. The molecule has 7 heteroatoms. The van der Waals surface area contributed by atoms with Gasteiger partial charge in [0.2, 0.25) is 0 Å². The van der Waals surface area contributed by atoms with E-state index in [4.69, 9.17) is 15.2 Å². The van der Waals surface area contributed by atoms with Crippen LogP contribution in [0.1, 0.15) is 116 Å². The number of unbranched alkanes of at least 4 members (excludes halogenated alkanes) is 12. The number of rotatable bonds is 17. The van der Waals surface area contributed by atoms with Crippen molar-refractivity contribution in [3.63, 3.8) is 0 Å². The van der Waals surface area contributed by atoms with Gasteiger partial charge < -0.3 is 15.2 Å². The van der Waals surface area contributed by atoms with E-state index >= 15 is 0 Å². The van der Waals surface area contributed by atoms with Crippen LogP contribution in [-0.4, -0.2) is 28.2 Å². The first kappa shape index (κ1) is 26.4. The summed E-state index contributed by atoms with van der Waals surface area (Å²) in [5, 5.41) is 0. The summed E-state index contributed by atoms with van der Waals surface area (Å²) in [6, 6.07) is 1.58. The molecule has 0 amide bonds. The normalized spacial score (nSPS) is 18.2. The number of anilines is 1. The van der Waals surface area contributed by atoms with Crippen LogP contribution < -0.4 is 11.4 Å². The van der Waals surface area contributed by atoms with Crippen molar-refractivity contribution in [2.45, 2.75) is 122 Å². The van der Waals surface area contributed by atoms with Crippen LogP contribution in [0.4, 0.5) is 5.82 Å². The zero-order valence-corrected chi connectivity index (χ0v) is 19.9. The van der Waals surface area contributed by atoms with Gasteiger partial charge in [0.05, 0.1) is 6.10 Å². The van der Waals surface area contributed by atoms with Crippen molar-refractivity contribution in [2.75, 3.05) is 12.3 Å². The van der Waals surface area contributed by atoms with Gasteiger partial charge in [0.25, 0.3) is 0 Å². The summed E-state index contributed by atoms with van der Waals surface area (Å²) >= 11 is 0. The van der Waals surface area contributed by atoms with Gasteiger partial charge in [-0.3, -0.25) is 9.36 Å². The highest BCUT2D eigenvalue weighted by Crippen LogP contribution is 2.27. The van der Waals surface area contributed by atoms with Crippen LogP contribution >= 0.6 is 0 Å². The van der Waals surface area contributed by atoms with Gasteiger partial charge in [0, 0.05) is 12.6 Å². The number of hydrogen-bond acceptors (Lipinski definition) is 6. The highest BCUT2D eigenvalue weighted by Gasteiger charge is 2.28. The lowest BCUT2D eigenvalue weighted by atomic mass is 10.0. The molecule has 182 valence electrons. The van der Waals surface area contributed by atoms with Gasteiger partial charge in [0.1, 0.15) is 18.7 Å². The molecule has 2 heterocycles. The molecule has 32 heavy (non-hydrogen) atoms. The van der Waals surface area contributed by atoms with E-state index in [9.17, 15) is 9.59 Å². The Kier molecular flexibility index (Phi) is 13.0. The van der Waals surface area contributed by atoms with Crippen LogP contribution in [-0.2, 0) is 14.3 Å². The van der Waals surface area contributed by atoms with Crippen molar-refractivity contribution >= 4 is 11.8 Å². The number of ether oxygens (including phenoxy) is 2. The Balaban J connectivity index is 1.42. The van der Waals surface area contributed by atoms with Crippen LogP contribution in [0.2, 0.25) is 0 Å². The summed E-state index contributed by atoms with van der Waals surface area (Å²) in [4.78, 5) is 27.6. The third-order valence-electron chi connectivity index (χ3n) is 6.16. The maximum atomic E-state index is 12.0. The van der Waals surface area contributed by atoms with Gasteiger partial charge in [-0.05, 0) is 25.3 Å². The van der Waals surface area contributed by atoms with Gasteiger partial charge in [-0.1, -0.05) is 84.0 Å². The minimum absolute atomic E-state index is 0.161. The van der Waals surface area contributed by atoms with E-state index in [1.54, 1.807) is 12.3 Å². The summed E-state index contributed by atoms with van der Waals surface area (Å²) in [5.74, 6) is 0.0364. The van der Waals surface area contributed by atoms with Gasteiger partial charge in [-0.2, -0.15) is 4.98 Å². The Morgan fingerprint density at radius 1 is 1.03 bits per heavy atom. The fourth-order valence-electron chi connectivity index (χ4n) is 4.20. The first-order valence-corrected chi connectivity index (χ1v) is 12.8. The molecule has 2 rings (SSSR count). The maximum absolute atomic E-state index is 12.0. The number of aromatic nitrogens is 2. The molecule has 2 atom stereocenters. The average molecular weight is 450 g/mol. The number of carbonyl (C=O) groups is 1. The molecular formula is C25H43N3O4. The van der Waals surface area contributed by atoms with Crippen molar-refractivity contribution in [2.24, 2.45) is 0 Å².